The largest absolute Gasteiger partial charge is 0.313 e. The van der Waals surface area contributed by atoms with E-state index in [1.807, 2.05) is 0 Å². The molecule has 0 radical (unpaired) electrons. The van der Waals surface area contributed by atoms with Gasteiger partial charge in [-0.3, -0.25) is 4.55 Å². The minimum absolute atomic E-state index is 0.164. The molecule has 0 aliphatic carbocycles. The van der Waals surface area contributed by atoms with Crippen LogP contribution in [0.4, 0.5) is 0 Å². The van der Waals surface area contributed by atoms with E-state index in [4.69, 9.17) is 5.90 Å². The Bertz CT molecular complexity index is 949. The summed E-state index contributed by atoms with van der Waals surface area (Å²) in [5.74, 6) is 4.77. The van der Waals surface area contributed by atoms with Crippen molar-refractivity contribution in [3.8, 4) is 0 Å². The molecule has 0 aliphatic rings. The number of rotatable bonds is 5. The van der Waals surface area contributed by atoms with Crippen LogP contribution in [-0.4, -0.2) is 21.4 Å². The predicted octanol–water partition coefficient (Wildman–Crippen LogP) is 1.68. The van der Waals surface area contributed by atoms with E-state index < -0.39 is 20.2 Å². The molecule has 0 aliphatic heterocycles. The smallest absolute Gasteiger partial charge is 0.282 e. The first kappa shape index (κ1) is 17.3. The molecule has 7 nitrogen and oxygen atoms in total. The second-order valence-electron chi connectivity index (χ2n) is 4.43. The van der Waals surface area contributed by atoms with Crippen molar-refractivity contribution in [3.05, 3.63) is 59.7 Å². The van der Waals surface area contributed by atoms with E-state index >= 15 is 0 Å². The average Bonchev–Trinajstić information content (AvgIpc) is 2.52. The minimum Gasteiger partial charge on any atom is -0.282 e. The molecular formula is C14H13NO6S2. The molecule has 0 saturated heterocycles. The molecule has 23 heavy (non-hydrogen) atoms. The van der Waals surface area contributed by atoms with E-state index in [9.17, 15) is 21.4 Å². The lowest BCUT2D eigenvalue weighted by Crippen LogP contribution is -2.12. The topological polar surface area (TPSA) is 124 Å². The van der Waals surface area contributed by atoms with Crippen LogP contribution in [0.5, 0.6) is 0 Å². The van der Waals surface area contributed by atoms with Crippen molar-refractivity contribution in [1.29, 1.82) is 0 Å². The summed E-state index contributed by atoms with van der Waals surface area (Å²) in [4.78, 5) is -0.449. The molecule has 2 aromatic rings. The molecule has 0 saturated carbocycles. The highest BCUT2D eigenvalue weighted by atomic mass is 32.2. The summed E-state index contributed by atoms with van der Waals surface area (Å²) in [5.41, 5.74) is 0.457. The monoisotopic (exact) mass is 355 g/mol. The highest BCUT2D eigenvalue weighted by Crippen LogP contribution is 2.22. The molecule has 2 aromatic carbocycles. The van der Waals surface area contributed by atoms with Crippen molar-refractivity contribution in [2.75, 3.05) is 0 Å². The maximum atomic E-state index is 11.7. The Morgan fingerprint density at radius 2 is 1.26 bits per heavy atom. The molecule has 0 heterocycles. The molecule has 2 rings (SSSR count). The van der Waals surface area contributed by atoms with Crippen LogP contribution in [0, 0.1) is 0 Å². The fourth-order valence-corrected chi connectivity index (χ4v) is 3.39. The maximum absolute atomic E-state index is 11.7. The van der Waals surface area contributed by atoms with Gasteiger partial charge in [0.25, 0.3) is 10.1 Å². The lowest BCUT2D eigenvalue weighted by Gasteiger charge is -2.05. The van der Waals surface area contributed by atoms with Crippen LogP contribution in [0.15, 0.2) is 58.3 Å². The quantitative estimate of drug-likeness (QED) is 0.475. The average molecular weight is 355 g/mol. The normalized spacial score (nSPS) is 12.6. The summed E-state index contributed by atoms with van der Waals surface area (Å²) in [6.45, 7) is 0. The fourth-order valence-electron chi connectivity index (χ4n) is 1.93. The molecule has 3 N–H and O–H groups in total. The second kappa shape index (κ2) is 6.60. The highest BCUT2D eigenvalue weighted by Gasteiger charge is 2.17. The summed E-state index contributed by atoms with van der Waals surface area (Å²) in [6, 6.07) is 11.6. The number of hydrogen-bond acceptors (Lipinski definition) is 6. The Hall–Kier alpha value is -2.04. The van der Waals surface area contributed by atoms with Crippen LogP contribution in [0.2, 0.25) is 0 Å². The van der Waals surface area contributed by atoms with Gasteiger partial charge in [0.05, 0.1) is 0 Å². The molecule has 0 aromatic heterocycles. The second-order valence-corrected chi connectivity index (χ2v) is 7.36. The maximum Gasteiger partial charge on any atom is 0.313 e. The highest BCUT2D eigenvalue weighted by molar-refractivity contribution is 7.86. The lowest BCUT2D eigenvalue weighted by molar-refractivity contribution is 0.333. The van der Waals surface area contributed by atoms with Crippen molar-refractivity contribution in [1.82, 2.24) is 0 Å². The third kappa shape index (κ3) is 4.03. The summed E-state index contributed by atoms with van der Waals surface area (Å²) in [5, 5.41) is 0. The number of nitrogens with two attached hydrogens (primary N) is 1. The summed E-state index contributed by atoms with van der Waals surface area (Å²) in [7, 11) is -8.51. The van der Waals surface area contributed by atoms with Crippen LogP contribution in [0.3, 0.4) is 0 Å². The van der Waals surface area contributed by atoms with Crippen molar-refractivity contribution in [3.63, 3.8) is 0 Å². The van der Waals surface area contributed by atoms with Crippen molar-refractivity contribution < 1.29 is 25.7 Å². The Morgan fingerprint density at radius 1 is 0.826 bits per heavy atom. The van der Waals surface area contributed by atoms with E-state index in [0.29, 0.717) is 0 Å². The Balaban J connectivity index is 2.52. The van der Waals surface area contributed by atoms with Crippen LogP contribution >= 0.6 is 0 Å². The standard InChI is InChI=1S/C14H13NO6S2/c15-21-23(19,20)14-8-4-2-6-12(14)10-9-11-5-1-3-7-13(11)22(16,17)18/h1-10H,15H2,(H,16,17,18). The Morgan fingerprint density at radius 3 is 1.74 bits per heavy atom. The van der Waals surface area contributed by atoms with Gasteiger partial charge in [-0.2, -0.15) is 27.0 Å². The molecule has 0 fully saturated rings. The zero-order valence-electron chi connectivity index (χ0n) is 11.7. The van der Waals surface area contributed by atoms with Crippen LogP contribution in [0.25, 0.3) is 12.2 Å². The van der Waals surface area contributed by atoms with Crippen molar-refractivity contribution in [2.45, 2.75) is 9.79 Å². The molecular weight excluding hydrogens is 342 g/mol. The van der Waals surface area contributed by atoms with Gasteiger partial charge in [-0.15, -0.1) is 0 Å². The summed E-state index contributed by atoms with van der Waals surface area (Å²) < 4.78 is 59.3. The van der Waals surface area contributed by atoms with E-state index in [1.54, 1.807) is 12.1 Å². The number of hydrogen-bond donors (Lipinski definition) is 2. The van der Waals surface area contributed by atoms with E-state index in [0.717, 1.165) is 0 Å². The summed E-state index contributed by atoms with van der Waals surface area (Å²) in [6.07, 6.45) is 2.75. The van der Waals surface area contributed by atoms with Crippen LogP contribution in [0.1, 0.15) is 11.1 Å². The fraction of sp³-hybridized carbons (Fsp3) is 0. The Labute approximate surface area is 133 Å². The van der Waals surface area contributed by atoms with E-state index in [1.165, 1.54) is 48.6 Å². The molecule has 122 valence electrons. The molecule has 0 bridgehead atoms. The molecule has 0 unspecified atom stereocenters. The van der Waals surface area contributed by atoms with Gasteiger partial charge in [0, 0.05) is 0 Å². The molecule has 9 heteroatoms. The zero-order chi connectivity index (χ0) is 17.1. The lowest BCUT2D eigenvalue weighted by atomic mass is 10.1. The van der Waals surface area contributed by atoms with E-state index in [2.05, 4.69) is 4.28 Å². The van der Waals surface area contributed by atoms with Crippen LogP contribution in [-0.2, 0) is 24.5 Å². The predicted molar refractivity (Wildman–Crippen MR) is 84.1 cm³/mol. The Kier molecular flexibility index (Phi) is 4.97. The molecule has 0 spiro atoms. The number of benzene rings is 2. The third-order valence-electron chi connectivity index (χ3n) is 2.95. The van der Waals surface area contributed by atoms with Gasteiger partial charge >= 0.3 is 10.1 Å². The van der Waals surface area contributed by atoms with Gasteiger partial charge in [-0.1, -0.05) is 48.6 Å². The van der Waals surface area contributed by atoms with Gasteiger partial charge in [-0.05, 0) is 23.3 Å². The van der Waals surface area contributed by atoms with Gasteiger partial charge in [0.15, 0.2) is 0 Å². The molecule has 0 amide bonds. The third-order valence-corrected chi connectivity index (χ3v) is 5.05. The molecule has 0 atom stereocenters. The first-order chi connectivity index (χ1) is 10.8. The van der Waals surface area contributed by atoms with Crippen molar-refractivity contribution >= 4 is 32.4 Å². The SMILES string of the molecule is NOS(=O)(=O)c1ccccc1C=Cc1ccccc1S(=O)(=O)O. The first-order valence-electron chi connectivity index (χ1n) is 6.23. The van der Waals surface area contributed by atoms with E-state index in [-0.39, 0.29) is 20.9 Å². The van der Waals surface area contributed by atoms with Gasteiger partial charge in [0.2, 0.25) is 0 Å². The van der Waals surface area contributed by atoms with Crippen molar-refractivity contribution in [2.24, 2.45) is 5.90 Å². The van der Waals surface area contributed by atoms with Gasteiger partial charge in [0.1, 0.15) is 9.79 Å². The zero-order valence-corrected chi connectivity index (χ0v) is 13.3. The first-order valence-corrected chi connectivity index (χ1v) is 9.07. The summed E-state index contributed by atoms with van der Waals surface area (Å²) >= 11 is 0. The van der Waals surface area contributed by atoms with Gasteiger partial charge < -0.3 is 0 Å². The van der Waals surface area contributed by atoms with Gasteiger partial charge in [-0.25, -0.2) is 0 Å². The minimum atomic E-state index is -4.40. The van der Waals surface area contributed by atoms with Crippen LogP contribution < -0.4 is 5.90 Å².